The number of hydrogen-bond acceptors (Lipinski definition) is 2. The van der Waals surface area contributed by atoms with Crippen LogP contribution in [0.5, 0.6) is 0 Å². The fraction of sp³-hybridized carbons (Fsp3) is 0.0159. The van der Waals surface area contributed by atoms with Crippen molar-refractivity contribution in [3.8, 4) is 55.6 Å². The standard InChI is InChI=1S/C63H40N2S/c1-3-15-41(16-4-1)43-27-32-46(33-28-43)64(48-36-37-52-51-21-9-13-25-56(51)63(57(52)40-48)54-23-11-7-19-49(54)50-20-8-12-24-55(50)63)47-34-29-44(30-35-47)61-53-22-10-14-26-58(53)65-59-38-31-45(39-60(59)66-62(61)65)42-17-5-2-6-18-42/h1-40H. The Labute approximate surface area is 387 Å². The average Bonchev–Trinajstić information content (AvgIpc) is 4.10. The third kappa shape index (κ3) is 5.29. The van der Waals surface area contributed by atoms with Crippen LogP contribution in [0.1, 0.15) is 22.3 Å². The van der Waals surface area contributed by atoms with Gasteiger partial charge >= 0.3 is 0 Å². The molecule has 0 saturated carbocycles. The van der Waals surface area contributed by atoms with Gasteiger partial charge in [0.2, 0.25) is 0 Å². The van der Waals surface area contributed by atoms with Gasteiger partial charge in [-0.3, -0.25) is 4.40 Å². The minimum atomic E-state index is -0.435. The van der Waals surface area contributed by atoms with Crippen LogP contribution in [0.15, 0.2) is 243 Å². The molecule has 2 nitrogen and oxygen atoms in total. The molecule has 0 unspecified atom stereocenters. The second-order valence-electron chi connectivity index (χ2n) is 17.6. The third-order valence-corrected chi connectivity index (χ3v) is 15.4. The van der Waals surface area contributed by atoms with Gasteiger partial charge in [-0.1, -0.05) is 188 Å². The largest absolute Gasteiger partial charge is 0.310 e. The molecular weight excluding hydrogens is 817 g/mol. The van der Waals surface area contributed by atoms with Gasteiger partial charge in [0.25, 0.3) is 0 Å². The van der Waals surface area contributed by atoms with Gasteiger partial charge in [0.1, 0.15) is 4.83 Å². The highest BCUT2D eigenvalue weighted by atomic mass is 32.1. The highest BCUT2D eigenvalue weighted by molar-refractivity contribution is 7.24. The Morgan fingerprint density at radius 3 is 1.42 bits per heavy atom. The van der Waals surface area contributed by atoms with Gasteiger partial charge in [-0.25, -0.2) is 0 Å². The first-order chi connectivity index (χ1) is 32.7. The Kier molecular flexibility index (Phi) is 8.10. The number of aromatic nitrogens is 1. The molecule has 3 heteroatoms. The molecule has 0 aliphatic heterocycles. The van der Waals surface area contributed by atoms with Crippen LogP contribution in [-0.2, 0) is 5.41 Å². The summed E-state index contributed by atoms with van der Waals surface area (Å²) in [6.45, 7) is 0. The number of thiazole rings is 1. The van der Waals surface area contributed by atoms with E-state index in [4.69, 9.17) is 0 Å². The Balaban J connectivity index is 0.947. The van der Waals surface area contributed by atoms with Gasteiger partial charge in [0.05, 0.1) is 21.1 Å². The Morgan fingerprint density at radius 2 is 0.803 bits per heavy atom. The lowest BCUT2D eigenvalue weighted by molar-refractivity contribution is 0.793. The Hall–Kier alpha value is -8.24. The SMILES string of the molecule is c1ccc(-c2ccc(N(c3ccc(-c4c5ccccc5n5c4sc4cc(-c6ccccc6)ccc45)cc3)c3ccc4c(c3)C3(c5ccccc5-c5ccccc53)c3ccccc3-4)cc2)cc1. The van der Waals surface area contributed by atoms with Crippen molar-refractivity contribution in [1.29, 1.82) is 0 Å². The van der Waals surface area contributed by atoms with Crippen molar-refractivity contribution >= 4 is 54.3 Å². The van der Waals surface area contributed by atoms with E-state index in [-0.39, 0.29) is 0 Å². The number of nitrogens with zero attached hydrogens (tertiary/aromatic N) is 2. The first kappa shape index (κ1) is 37.2. The highest BCUT2D eigenvalue weighted by Gasteiger charge is 2.51. The topological polar surface area (TPSA) is 7.65 Å². The highest BCUT2D eigenvalue weighted by Crippen LogP contribution is 2.63. The van der Waals surface area contributed by atoms with Crippen molar-refractivity contribution in [3.05, 3.63) is 265 Å². The van der Waals surface area contributed by atoms with Crippen molar-refractivity contribution in [1.82, 2.24) is 4.40 Å². The van der Waals surface area contributed by atoms with Crippen LogP contribution in [0, 0.1) is 0 Å². The molecule has 14 rings (SSSR count). The van der Waals surface area contributed by atoms with E-state index in [1.165, 1.54) is 104 Å². The van der Waals surface area contributed by atoms with E-state index in [0.717, 1.165) is 17.1 Å². The van der Waals surface area contributed by atoms with Crippen molar-refractivity contribution < 1.29 is 0 Å². The van der Waals surface area contributed by atoms with E-state index in [1.807, 2.05) is 11.3 Å². The van der Waals surface area contributed by atoms with Gasteiger partial charge in [0.15, 0.2) is 0 Å². The van der Waals surface area contributed by atoms with E-state index in [9.17, 15) is 0 Å². The number of anilines is 3. The van der Waals surface area contributed by atoms with E-state index >= 15 is 0 Å². The maximum atomic E-state index is 2.49. The summed E-state index contributed by atoms with van der Waals surface area (Å²) in [5.41, 5.74) is 23.3. The molecule has 0 radical (unpaired) electrons. The second-order valence-corrected chi connectivity index (χ2v) is 18.6. The summed E-state index contributed by atoms with van der Waals surface area (Å²) in [5, 5.41) is 1.26. The van der Waals surface area contributed by atoms with Crippen LogP contribution in [-0.4, -0.2) is 4.40 Å². The fourth-order valence-corrected chi connectivity index (χ4v) is 12.7. The molecule has 2 heterocycles. The summed E-state index contributed by atoms with van der Waals surface area (Å²) < 4.78 is 3.75. The molecular formula is C63H40N2S. The maximum absolute atomic E-state index is 2.49. The number of hydrogen-bond donors (Lipinski definition) is 0. The molecule has 2 aromatic heterocycles. The first-order valence-corrected chi connectivity index (χ1v) is 23.6. The van der Waals surface area contributed by atoms with Crippen LogP contribution in [0.3, 0.4) is 0 Å². The lowest BCUT2D eigenvalue weighted by Crippen LogP contribution is -2.26. The van der Waals surface area contributed by atoms with Crippen molar-refractivity contribution in [2.24, 2.45) is 0 Å². The van der Waals surface area contributed by atoms with Crippen LogP contribution >= 0.6 is 11.3 Å². The molecule has 308 valence electrons. The summed E-state index contributed by atoms with van der Waals surface area (Å²) in [4.78, 5) is 3.71. The van der Waals surface area contributed by atoms with Gasteiger partial charge in [-0.15, -0.1) is 11.3 Å². The quantitative estimate of drug-likeness (QED) is 0.162. The molecule has 66 heavy (non-hydrogen) atoms. The molecule has 2 aliphatic carbocycles. The van der Waals surface area contributed by atoms with E-state index < -0.39 is 5.41 Å². The van der Waals surface area contributed by atoms with Crippen molar-refractivity contribution in [2.75, 3.05) is 4.90 Å². The zero-order valence-electron chi connectivity index (χ0n) is 35.9. The zero-order chi connectivity index (χ0) is 43.3. The fourth-order valence-electron chi connectivity index (χ4n) is 11.4. The normalized spacial score (nSPS) is 13.0. The predicted octanol–water partition coefficient (Wildman–Crippen LogP) is 17.1. The molecule has 0 fully saturated rings. The molecule has 1 spiro atoms. The average molecular weight is 857 g/mol. The first-order valence-electron chi connectivity index (χ1n) is 22.7. The van der Waals surface area contributed by atoms with E-state index in [1.54, 1.807) is 0 Å². The smallest absolute Gasteiger partial charge is 0.109 e. The third-order valence-electron chi connectivity index (χ3n) is 14.2. The maximum Gasteiger partial charge on any atom is 0.109 e. The zero-order valence-corrected chi connectivity index (χ0v) is 36.7. The molecule has 0 saturated heterocycles. The van der Waals surface area contributed by atoms with Gasteiger partial charge in [-0.2, -0.15) is 0 Å². The number of benzene rings is 10. The molecule has 12 aromatic rings. The molecule has 10 aromatic carbocycles. The molecule has 0 N–H and O–H groups in total. The predicted molar refractivity (Wildman–Crippen MR) is 278 cm³/mol. The van der Waals surface area contributed by atoms with Crippen LogP contribution in [0.4, 0.5) is 17.1 Å². The molecule has 2 aliphatic rings. The molecule has 0 bridgehead atoms. The number of rotatable bonds is 6. The van der Waals surface area contributed by atoms with Gasteiger partial charge in [-0.05, 0) is 127 Å². The van der Waals surface area contributed by atoms with Gasteiger partial charge in [0, 0.05) is 28.0 Å². The Bertz CT molecular complexity index is 3800. The lowest BCUT2D eigenvalue weighted by atomic mass is 9.70. The minimum Gasteiger partial charge on any atom is -0.310 e. The summed E-state index contributed by atoms with van der Waals surface area (Å²) in [6.07, 6.45) is 0. The monoisotopic (exact) mass is 856 g/mol. The molecule has 0 atom stereocenters. The van der Waals surface area contributed by atoms with Crippen molar-refractivity contribution in [2.45, 2.75) is 5.41 Å². The second kappa shape index (κ2) is 14.4. The van der Waals surface area contributed by atoms with Crippen LogP contribution in [0.25, 0.3) is 81.6 Å². The minimum absolute atomic E-state index is 0.435. The summed E-state index contributed by atoms with van der Waals surface area (Å²) in [7, 11) is 0. The van der Waals surface area contributed by atoms with Crippen molar-refractivity contribution in [3.63, 3.8) is 0 Å². The Morgan fingerprint density at radius 1 is 0.333 bits per heavy atom. The summed E-state index contributed by atoms with van der Waals surface area (Å²) in [5.74, 6) is 0. The van der Waals surface area contributed by atoms with Crippen LogP contribution < -0.4 is 4.90 Å². The molecule has 0 amide bonds. The summed E-state index contributed by atoms with van der Waals surface area (Å²) in [6, 6.07) is 89.8. The number of fused-ring (bicyclic) bond motifs is 15. The summed E-state index contributed by atoms with van der Waals surface area (Å²) >= 11 is 1.88. The van der Waals surface area contributed by atoms with Crippen LogP contribution in [0.2, 0.25) is 0 Å². The van der Waals surface area contributed by atoms with E-state index in [0.29, 0.717) is 0 Å². The number of para-hydroxylation sites is 1. The van der Waals surface area contributed by atoms with E-state index in [2.05, 4.69) is 252 Å². The lowest BCUT2D eigenvalue weighted by Gasteiger charge is -2.32. The van der Waals surface area contributed by atoms with Gasteiger partial charge < -0.3 is 4.90 Å².